The molecule has 0 amide bonds. The second-order valence-electron chi connectivity index (χ2n) is 4.92. The number of methoxy groups -OCH3 is 1. The molecule has 5 nitrogen and oxygen atoms in total. The van der Waals surface area contributed by atoms with E-state index in [-0.39, 0.29) is 18.4 Å². The van der Waals surface area contributed by atoms with E-state index in [0.717, 1.165) is 0 Å². The predicted octanol–water partition coefficient (Wildman–Crippen LogP) is 2.68. The van der Waals surface area contributed by atoms with E-state index in [1.807, 2.05) is 20.8 Å². The number of carbonyl (C=O) groups is 2. The molecule has 0 aliphatic heterocycles. The largest absolute Gasteiger partial charge is 0.465 e. The van der Waals surface area contributed by atoms with Crippen LogP contribution in [0, 0.1) is 0 Å². The highest BCUT2D eigenvalue weighted by Gasteiger charge is 2.17. The summed E-state index contributed by atoms with van der Waals surface area (Å²) in [5, 5.41) is 4.83. The molecule has 1 aromatic rings. The van der Waals surface area contributed by atoms with Crippen molar-refractivity contribution in [2.45, 2.75) is 32.8 Å². The highest BCUT2D eigenvalue weighted by molar-refractivity contribution is 7.12. The van der Waals surface area contributed by atoms with Crippen LogP contribution >= 0.6 is 11.3 Å². The molecule has 0 unspecified atom stereocenters. The first-order valence-corrected chi connectivity index (χ1v) is 6.83. The minimum absolute atomic E-state index is 0.244. The highest BCUT2D eigenvalue weighted by Crippen LogP contribution is 2.23. The minimum atomic E-state index is -0.476. The Kier molecular flexibility index (Phi) is 5.35. The number of hydrogen-bond donors (Lipinski definition) is 1. The number of nitrogens with one attached hydrogen (secondary N) is 1. The molecule has 1 N–H and O–H groups in total. The average molecular weight is 285 g/mol. The number of carbonyl (C=O) groups excluding carboxylic acids is 2. The molecule has 0 aliphatic rings. The zero-order valence-corrected chi connectivity index (χ0v) is 12.4. The van der Waals surface area contributed by atoms with E-state index >= 15 is 0 Å². The maximum absolute atomic E-state index is 11.5. The Hall–Kier alpha value is -1.56. The third-order valence-corrected chi connectivity index (χ3v) is 3.00. The number of thiophene rings is 1. The van der Waals surface area contributed by atoms with Gasteiger partial charge in [0.05, 0.1) is 19.2 Å². The second kappa shape index (κ2) is 6.56. The summed E-state index contributed by atoms with van der Waals surface area (Å²) in [6.45, 7) is 5.89. The highest BCUT2D eigenvalue weighted by atomic mass is 32.1. The minimum Gasteiger partial charge on any atom is -0.465 e. The quantitative estimate of drug-likeness (QED) is 0.843. The van der Waals surface area contributed by atoms with E-state index in [1.54, 1.807) is 11.4 Å². The summed E-state index contributed by atoms with van der Waals surface area (Å²) in [5.41, 5.74) is 0.205. The molecular weight excluding hydrogens is 266 g/mol. The van der Waals surface area contributed by atoms with Crippen LogP contribution in [0.3, 0.4) is 0 Å². The lowest BCUT2D eigenvalue weighted by atomic mass is 10.2. The van der Waals surface area contributed by atoms with Crippen LogP contribution in [0.25, 0.3) is 0 Å². The van der Waals surface area contributed by atoms with Gasteiger partial charge in [-0.15, -0.1) is 11.3 Å². The summed E-state index contributed by atoms with van der Waals surface area (Å²) in [6, 6.07) is 1.78. The fourth-order valence-corrected chi connectivity index (χ4v) is 2.18. The van der Waals surface area contributed by atoms with Gasteiger partial charge in [0.25, 0.3) is 0 Å². The number of hydrogen-bond acceptors (Lipinski definition) is 6. The lowest BCUT2D eigenvalue weighted by Gasteiger charge is -2.19. The van der Waals surface area contributed by atoms with Crippen LogP contribution in [0.1, 0.15) is 36.9 Å². The smallest absolute Gasteiger partial charge is 0.350 e. The predicted molar refractivity (Wildman–Crippen MR) is 74.6 cm³/mol. The molecule has 0 fully saturated rings. The molecule has 0 bridgehead atoms. The van der Waals surface area contributed by atoms with Crippen LogP contribution < -0.4 is 5.32 Å². The van der Waals surface area contributed by atoms with Gasteiger partial charge >= 0.3 is 11.9 Å². The molecule has 0 saturated heterocycles. The van der Waals surface area contributed by atoms with Crippen molar-refractivity contribution in [2.75, 3.05) is 19.0 Å². The van der Waals surface area contributed by atoms with E-state index in [1.165, 1.54) is 18.4 Å². The first-order valence-electron chi connectivity index (χ1n) is 5.95. The summed E-state index contributed by atoms with van der Waals surface area (Å²) in [6.07, 6.45) is 0.244. The fourth-order valence-electron chi connectivity index (χ4n) is 1.39. The third kappa shape index (κ3) is 5.30. The number of esters is 2. The Morgan fingerprint density at radius 3 is 2.63 bits per heavy atom. The van der Waals surface area contributed by atoms with Gasteiger partial charge in [-0.3, -0.25) is 4.79 Å². The molecule has 0 radical (unpaired) electrons. The van der Waals surface area contributed by atoms with Crippen molar-refractivity contribution in [1.29, 1.82) is 0 Å². The van der Waals surface area contributed by atoms with E-state index in [2.05, 4.69) is 10.1 Å². The first-order chi connectivity index (χ1) is 8.83. The summed E-state index contributed by atoms with van der Waals surface area (Å²) < 4.78 is 9.86. The molecule has 0 aliphatic carbocycles. The van der Waals surface area contributed by atoms with Gasteiger partial charge in [-0.25, -0.2) is 4.79 Å². The zero-order chi connectivity index (χ0) is 14.5. The van der Waals surface area contributed by atoms with Gasteiger partial charge in [0, 0.05) is 6.54 Å². The first kappa shape index (κ1) is 15.5. The van der Waals surface area contributed by atoms with Crippen LogP contribution in [0.4, 0.5) is 5.69 Å². The Morgan fingerprint density at radius 1 is 1.37 bits per heavy atom. The fraction of sp³-hybridized carbons (Fsp3) is 0.538. The topological polar surface area (TPSA) is 64.6 Å². The summed E-state index contributed by atoms with van der Waals surface area (Å²) >= 11 is 1.30. The van der Waals surface area contributed by atoms with Gasteiger partial charge in [-0.1, -0.05) is 0 Å². The maximum atomic E-state index is 11.5. The van der Waals surface area contributed by atoms with Gasteiger partial charge in [0.2, 0.25) is 0 Å². The van der Waals surface area contributed by atoms with Gasteiger partial charge in [0.15, 0.2) is 0 Å². The average Bonchev–Trinajstić information content (AvgIpc) is 2.74. The van der Waals surface area contributed by atoms with Gasteiger partial charge in [-0.05, 0) is 32.2 Å². The number of anilines is 1. The molecule has 1 rings (SSSR count). The molecule has 0 saturated carbocycles. The SMILES string of the molecule is COC(=O)c1sccc1NCCC(=O)OC(C)(C)C. The molecule has 0 atom stereocenters. The van der Waals surface area contributed by atoms with Crippen molar-refractivity contribution < 1.29 is 19.1 Å². The van der Waals surface area contributed by atoms with E-state index in [9.17, 15) is 9.59 Å². The molecule has 1 heterocycles. The lowest BCUT2D eigenvalue weighted by Crippen LogP contribution is -2.25. The standard InChI is InChI=1S/C13H19NO4S/c1-13(2,3)18-10(15)5-7-14-9-6-8-19-11(9)12(16)17-4/h6,8,14H,5,7H2,1-4H3. The molecule has 106 valence electrons. The third-order valence-electron chi connectivity index (χ3n) is 2.10. The van der Waals surface area contributed by atoms with Crippen molar-refractivity contribution in [2.24, 2.45) is 0 Å². The van der Waals surface area contributed by atoms with Crippen molar-refractivity contribution in [1.82, 2.24) is 0 Å². The number of rotatable bonds is 5. The van der Waals surface area contributed by atoms with Crippen LogP contribution in [0.5, 0.6) is 0 Å². The van der Waals surface area contributed by atoms with Gasteiger partial charge in [-0.2, -0.15) is 0 Å². The van der Waals surface area contributed by atoms with Crippen molar-refractivity contribution in [3.8, 4) is 0 Å². The molecule has 0 aromatic carbocycles. The molecular formula is C13H19NO4S. The Morgan fingerprint density at radius 2 is 2.05 bits per heavy atom. The summed E-state index contributed by atoms with van der Waals surface area (Å²) in [7, 11) is 1.34. The summed E-state index contributed by atoms with van der Waals surface area (Å²) in [4.78, 5) is 23.5. The lowest BCUT2D eigenvalue weighted by molar-refractivity contribution is -0.154. The zero-order valence-electron chi connectivity index (χ0n) is 11.6. The van der Waals surface area contributed by atoms with Gasteiger partial charge in [0.1, 0.15) is 10.5 Å². The Bertz CT molecular complexity index is 448. The Balaban J connectivity index is 2.44. The monoisotopic (exact) mass is 285 g/mol. The molecule has 1 aromatic heterocycles. The molecule has 19 heavy (non-hydrogen) atoms. The van der Waals surface area contributed by atoms with Crippen LogP contribution in [0.15, 0.2) is 11.4 Å². The van der Waals surface area contributed by atoms with Crippen molar-refractivity contribution in [3.05, 3.63) is 16.3 Å². The van der Waals surface area contributed by atoms with E-state index in [0.29, 0.717) is 17.1 Å². The molecule has 6 heteroatoms. The molecule has 0 spiro atoms. The van der Waals surface area contributed by atoms with E-state index < -0.39 is 5.60 Å². The number of ether oxygens (including phenoxy) is 2. The van der Waals surface area contributed by atoms with Gasteiger partial charge < -0.3 is 14.8 Å². The summed E-state index contributed by atoms with van der Waals surface area (Å²) in [5.74, 6) is -0.649. The maximum Gasteiger partial charge on any atom is 0.350 e. The second-order valence-corrected chi connectivity index (χ2v) is 5.83. The normalized spacial score (nSPS) is 10.9. The van der Waals surface area contributed by atoms with Crippen molar-refractivity contribution in [3.63, 3.8) is 0 Å². The Labute approximate surface area is 116 Å². The van der Waals surface area contributed by atoms with Crippen molar-refractivity contribution >= 4 is 29.0 Å². The van der Waals surface area contributed by atoms with Crippen LogP contribution in [0.2, 0.25) is 0 Å². The van der Waals surface area contributed by atoms with Crippen LogP contribution in [-0.2, 0) is 14.3 Å². The van der Waals surface area contributed by atoms with E-state index in [4.69, 9.17) is 4.74 Å². The van der Waals surface area contributed by atoms with Crippen LogP contribution in [-0.4, -0.2) is 31.2 Å².